The normalized spacial score (nSPS) is 19.0. The third-order valence-electron chi connectivity index (χ3n) is 4.08. The lowest BCUT2D eigenvalue weighted by Gasteiger charge is -2.18. The van der Waals surface area contributed by atoms with Crippen LogP contribution >= 0.6 is 0 Å². The zero-order valence-electron chi connectivity index (χ0n) is 15.7. The van der Waals surface area contributed by atoms with E-state index in [9.17, 15) is 13.2 Å². The molecular formula is C18H28N4O3S. The number of likely N-dealkylation sites (N-methyl/N-ethyl adjacent to an activating group) is 1. The van der Waals surface area contributed by atoms with E-state index in [1.165, 1.54) is 6.07 Å². The maximum absolute atomic E-state index is 12.6. The van der Waals surface area contributed by atoms with Crippen LogP contribution < -0.4 is 15.4 Å². The quantitative estimate of drug-likeness (QED) is 0.632. The van der Waals surface area contributed by atoms with Gasteiger partial charge in [0, 0.05) is 18.2 Å². The van der Waals surface area contributed by atoms with E-state index in [0.29, 0.717) is 18.5 Å². The highest BCUT2D eigenvalue weighted by Crippen LogP contribution is 2.23. The molecule has 1 heterocycles. The predicted molar refractivity (Wildman–Crippen MR) is 103 cm³/mol. The Labute approximate surface area is 155 Å². The fraction of sp³-hybridized carbons (Fsp3) is 0.556. The number of nitrogens with one attached hydrogen (secondary N) is 3. The van der Waals surface area contributed by atoms with Gasteiger partial charge < -0.3 is 10.6 Å². The van der Waals surface area contributed by atoms with Gasteiger partial charge in [-0.05, 0) is 37.9 Å². The SMILES string of the molecule is CCN[C@H](C)CNC(=O)C(CC(C)C)N=C1NS(=O)(=O)c2ccccc21. The monoisotopic (exact) mass is 380 g/mol. The summed E-state index contributed by atoms with van der Waals surface area (Å²) in [5.74, 6) is 0.287. The highest BCUT2D eigenvalue weighted by Gasteiger charge is 2.32. The van der Waals surface area contributed by atoms with Crippen LogP contribution in [0, 0.1) is 5.92 Å². The summed E-state index contributed by atoms with van der Waals surface area (Å²) >= 11 is 0. The molecule has 3 N–H and O–H groups in total. The number of rotatable bonds is 8. The minimum absolute atomic E-state index is 0.155. The van der Waals surface area contributed by atoms with Gasteiger partial charge in [-0.3, -0.25) is 14.5 Å². The van der Waals surface area contributed by atoms with Crippen LogP contribution in [0.25, 0.3) is 0 Å². The third-order valence-corrected chi connectivity index (χ3v) is 5.48. The van der Waals surface area contributed by atoms with Crippen molar-refractivity contribution < 1.29 is 13.2 Å². The number of amidine groups is 1. The summed E-state index contributed by atoms with van der Waals surface area (Å²) < 4.78 is 26.9. The number of benzene rings is 1. The predicted octanol–water partition coefficient (Wildman–Crippen LogP) is 1.25. The van der Waals surface area contributed by atoms with Crippen LogP contribution in [0.1, 0.15) is 39.7 Å². The Balaban J connectivity index is 2.23. The molecule has 8 heteroatoms. The molecule has 2 atom stereocenters. The van der Waals surface area contributed by atoms with Crippen molar-refractivity contribution in [2.75, 3.05) is 13.1 Å². The van der Waals surface area contributed by atoms with Crippen molar-refractivity contribution in [3.63, 3.8) is 0 Å². The summed E-state index contributed by atoms with van der Waals surface area (Å²) in [4.78, 5) is 17.3. The second-order valence-electron chi connectivity index (χ2n) is 6.93. The van der Waals surface area contributed by atoms with Crippen LogP contribution in [0.15, 0.2) is 34.2 Å². The fourth-order valence-corrected chi connectivity index (χ4v) is 4.08. The van der Waals surface area contributed by atoms with Gasteiger partial charge in [0.05, 0.1) is 4.90 Å². The van der Waals surface area contributed by atoms with E-state index in [1.54, 1.807) is 18.2 Å². The van der Waals surface area contributed by atoms with Crippen molar-refractivity contribution in [1.29, 1.82) is 0 Å². The van der Waals surface area contributed by atoms with Crippen molar-refractivity contribution in [3.8, 4) is 0 Å². The summed E-state index contributed by atoms with van der Waals surface area (Å²) in [6.07, 6.45) is 0.537. The molecular weight excluding hydrogens is 352 g/mol. The lowest BCUT2D eigenvalue weighted by Crippen LogP contribution is -2.43. The topological polar surface area (TPSA) is 99.7 Å². The van der Waals surface area contributed by atoms with E-state index in [0.717, 1.165) is 6.54 Å². The standard InChI is InChI=1S/C18H28N4O3S/c1-5-19-13(4)11-20-18(23)15(10-12(2)3)21-17-14-8-6-7-9-16(14)26(24,25)22-17/h6-9,12-13,15,19H,5,10-11H2,1-4H3,(H,20,23)(H,21,22)/t13-,15?/m1/s1. The molecule has 1 amide bonds. The number of sulfonamides is 1. The number of hydrogen-bond donors (Lipinski definition) is 3. The second kappa shape index (κ2) is 8.64. The minimum atomic E-state index is -3.61. The molecule has 1 aromatic rings. The summed E-state index contributed by atoms with van der Waals surface area (Å²) in [6.45, 7) is 9.34. The van der Waals surface area contributed by atoms with E-state index in [-0.39, 0.29) is 28.6 Å². The Morgan fingerprint density at radius 2 is 1.92 bits per heavy atom. The largest absolute Gasteiger partial charge is 0.353 e. The van der Waals surface area contributed by atoms with E-state index < -0.39 is 16.1 Å². The second-order valence-corrected chi connectivity index (χ2v) is 8.58. The first-order valence-corrected chi connectivity index (χ1v) is 10.4. The number of amides is 1. The van der Waals surface area contributed by atoms with Crippen molar-refractivity contribution in [1.82, 2.24) is 15.4 Å². The van der Waals surface area contributed by atoms with Gasteiger partial charge in [0.15, 0.2) is 0 Å². The van der Waals surface area contributed by atoms with Crippen molar-refractivity contribution in [2.24, 2.45) is 10.9 Å². The molecule has 0 fully saturated rings. The third kappa shape index (κ3) is 5.04. The minimum Gasteiger partial charge on any atom is -0.353 e. The molecule has 1 aliphatic rings. The van der Waals surface area contributed by atoms with Crippen LogP contribution in [0.3, 0.4) is 0 Å². The Hall–Kier alpha value is -1.93. The van der Waals surface area contributed by atoms with E-state index in [2.05, 4.69) is 20.3 Å². The van der Waals surface area contributed by atoms with Gasteiger partial charge in [-0.2, -0.15) is 0 Å². The first kappa shape index (κ1) is 20.4. The molecule has 2 rings (SSSR count). The molecule has 26 heavy (non-hydrogen) atoms. The lowest BCUT2D eigenvalue weighted by molar-refractivity contribution is -0.122. The number of hydrogen-bond acceptors (Lipinski definition) is 5. The first-order valence-electron chi connectivity index (χ1n) is 8.95. The van der Waals surface area contributed by atoms with Crippen LogP contribution in [-0.2, 0) is 14.8 Å². The zero-order valence-corrected chi connectivity index (χ0v) is 16.6. The Kier molecular flexibility index (Phi) is 6.77. The molecule has 0 aliphatic carbocycles. The average molecular weight is 381 g/mol. The Morgan fingerprint density at radius 3 is 2.58 bits per heavy atom. The summed E-state index contributed by atoms with van der Waals surface area (Å²) in [5.41, 5.74) is 0.509. The molecule has 0 saturated carbocycles. The van der Waals surface area contributed by atoms with Gasteiger partial charge in [-0.1, -0.05) is 32.9 Å². The maximum Gasteiger partial charge on any atom is 0.263 e. The average Bonchev–Trinajstić information content (AvgIpc) is 2.83. The molecule has 1 aliphatic heterocycles. The molecule has 0 aromatic heterocycles. The first-order chi connectivity index (χ1) is 12.2. The maximum atomic E-state index is 12.6. The van der Waals surface area contributed by atoms with Crippen LogP contribution in [-0.4, -0.2) is 45.3 Å². The van der Waals surface area contributed by atoms with Gasteiger partial charge in [0.25, 0.3) is 10.0 Å². The van der Waals surface area contributed by atoms with Crippen LogP contribution in [0.4, 0.5) is 0 Å². The van der Waals surface area contributed by atoms with Crippen LogP contribution in [0.2, 0.25) is 0 Å². The van der Waals surface area contributed by atoms with Gasteiger partial charge >= 0.3 is 0 Å². The van der Waals surface area contributed by atoms with Gasteiger partial charge in [0.1, 0.15) is 11.9 Å². The summed E-state index contributed by atoms with van der Waals surface area (Å²) in [7, 11) is -3.61. The van der Waals surface area contributed by atoms with Gasteiger partial charge in [0.2, 0.25) is 5.91 Å². The Bertz CT molecular complexity index is 774. The molecule has 1 aromatic carbocycles. The van der Waals surface area contributed by atoms with E-state index in [1.807, 2.05) is 27.7 Å². The van der Waals surface area contributed by atoms with Crippen LogP contribution in [0.5, 0.6) is 0 Å². The number of fused-ring (bicyclic) bond motifs is 1. The fourth-order valence-electron chi connectivity index (χ4n) is 2.84. The van der Waals surface area contributed by atoms with Crippen molar-refractivity contribution in [2.45, 2.75) is 51.1 Å². The summed E-state index contributed by atoms with van der Waals surface area (Å²) in [6, 6.07) is 6.17. The molecule has 7 nitrogen and oxygen atoms in total. The molecule has 0 bridgehead atoms. The molecule has 0 saturated heterocycles. The number of aliphatic imine (C=N–C) groups is 1. The molecule has 0 spiro atoms. The zero-order chi connectivity index (χ0) is 19.3. The van der Waals surface area contributed by atoms with Crippen molar-refractivity contribution in [3.05, 3.63) is 29.8 Å². The molecule has 144 valence electrons. The van der Waals surface area contributed by atoms with E-state index in [4.69, 9.17) is 0 Å². The molecule has 0 radical (unpaired) electrons. The highest BCUT2D eigenvalue weighted by molar-refractivity contribution is 7.90. The van der Waals surface area contributed by atoms with Crippen molar-refractivity contribution >= 4 is 21.8 Å². The Morgan fingerprint density at radius 1 is 1.23 bits per heavy atom. The number of carbonyl (C=O) groups excluding carboxylic acids is 1. The van der Waals surface area contributed by atoms with E-state index >= 15 is 0 Å². The molecule has 1 unspecified atom stereocenters. The number of carbonyl (C=O) groups is 1. The smallest absolute Gasteiger partial charge is 0.263 e. The van der Waals surface area contributed by atoms with Gasteiger partial charge in [-0.25, -0.2) is 8.42 Å². The number of nitrogens with zero attached hydrogens (tertiary/aromatic N) is 1. The summed E-state index contributed by atoms with van der Waals surface area (Å²) in [5, 5.41) is 6.14. The van der Waals surface area contributed by atoms with Gasteiger partial charge in [-0.15, -0.1) is 0 Å². The lowest BCUT2D eigenvalue weighted by atomic mass is 10.0. The highest BCUT2D eigenvalue weighted by atomic mass is 32.2.